The summed E-state index contributed by atoms with van der Waals surface area (Å²) in [6.45, 7) is 1.04. The molecule has 1 heterocycles. The van der Waals surface area contributed by atoms with Crippen LogP contribution in [0.25, 0.3) is 0 Å². The molecule has 0 fully saturated rings. The highest BCUT2D eigenvalue weighted by atomic mass is 19.4. The maximum absolute atomic E-state index is 14.6. The van der Waals surface area contributed by atoms with E-state index in [1.54, 1.807) is 11.9 Å². The minimum Gasteiger partial charge on any atom is -0.439 e. The van der Waals surface area contributed by atoms with E-state index in [4.69, 9.17) is 4.74 Å². The third-order valence-electron chi connectivity index (χ3n) is 5.34. The summed E-state index contributed by atoms with van der Waals surface area (Å²) in [5.41, 5.74) is 0.702. The van der Waals surface area contributed by atoms with Crippen LogP contribution in [0, 0.1) is 5.82 Å². The number of nitrogens with zero attached hydrogens (tertiary/aromatic N) is 4. The third kappa shape index (κ3) is 7.85. The van der Waals surface area contributed by atoms with Crippen LogP contribution in [0.1, 0.15) is 26.4 Å². The normalized spacial score (nSPS) is 11.3. The highest BCUT2D eigenvalue weighted by Crippen LogP contribution is 2.35. The van der Waals surface area contributed by atoms with E-state index >= 15 is 0 Å². The Labute approximate surface area is 221 Å². The number of hydroxylamine groups is 1. The van der Waals surface area contributed by atoms with Crippen molar-refractivity contribution in [2.75, 3.05) is 51.6 Å². The molecule has 2 aromatic carbocycles. The molecular weight excluding hydrogens is 524 g/mol. The zero-order valence-electron chi connectivity index (χ0n) is 21.5. The standard InChI is InChI=1S/C25H26F4N6O4/c1-34(2)9-10-35(3)21-8-5-15(25(27,28)29)11-19(21)32-23(36)17-12-16(6-7-18(17)26)39-22-13-20(30-14-31-22)24(37)33-38-4/h5-8,11-14H,9-10H2,1-4H3,(H,32,36)(H,33,37). The second-order valence-electron chi connectivity index (χ2n) is 8.53. The fourth-order valence-electron chi connectivity index (χ4n) is 3.33. The smallest absolute Gasteiger partial charge is 0.416 e. The number of hydrogen-bond donors (Lipinski definition) is 2. The number of alkyl halides is 3. The average Bonchev–Trinajstić information content (AvgIpc) is 2.88. The van der Waals surface area contributed by atoms with Gasteiger partial charge in [-0.2, -0.15) is 13.2 Å². The number of anilines is 2. The summed E-state index contributed by atoms with van der Waals surface area (Å²) in [6.07, 6.45) is -3.60. The summed E-state index contributed by atoms with van der Waals surface area (Å²) in [6, 6.07) is 7.38. The maximum atomic E-state index is 14.6. The van der Waals surface area contributed by atoms with Crippen molar-refractivity contribution in [3.63, 3.8) is 0 Å². The third-order valence-corrected chi connectivity index (χ3v) is 5.34. The fraction of sp³-hybridized carbons (Fsp3) is 0.280. The molecule has 208 valence electrons. The first-order chi connectivity index (χ1) is 18.4. The van der Waals surface area contributed by atoms with E-state index in [2.05, 4.69) is 25.6 Å². The van der Waals surface area contributed by atoms with Crippen LogP contribution in [0.5, 0.6) is 11.6 Å². The quantitative estimate of drug-likeness (QED) is 0.289. The van der Waals surface area contributed by atoms with Gasteiger partial charge < -0.3 is 19.9 Å². The largest absolute Gasteiger partial charge is 0.439 e. The number of amides is 2. The van der Waals surface area contributed by atoms with E-state index in [0.717, 1.165) is 30.6 Å². The highest BCUT2D eigenvalue weighted by Gasteiger charge is 2.31. The lowest BCUT2D eigenvalue weighted by molar-refractivity contribution is -0.137. The van der Waals surface area contributed by atoms with Gasteiger partial charge in [-0.25, -0.2) is 19.8 Å². The molecular formula is C25H26F4N6O4. The van der Waals surface area contributed by atoms with E-state index in [0.29, 0.717) is 18.8 Å². The summed E-state index contributed by atoms with van der Waals surface area (Å²) >= 11 is 0. The Morgan fingerprint density at radius 2 is 1.72 bits per heavy atom. The number of likely N-dealkylation sites (N-methyl/N-ethyl adjacent to an activating group) is 2. The van der Waals surface area contributed by atoms with Crippen LogP contribution in [-0.4, -0.2) is 68.0 Å². The average molecular weight is 551 g/mol. The van der Waals surface area contributed by atoms with Crippen LogP contribution in [0.2, 0.25) is 0 Å². The van der Waals surface area contributed by atoms with Gasteiger partial charge in [-0.15, -0.1) is 0 Å². The number of halogens is 4. The van der Waals surface area contributed by atoms with Crippen molar-refractivity contribution >= 4 is 23.2 Å². The van der Waals surface area contributed by atoms with E-state index in [1.807, 2.05) is 19.0 Å². The van der Waals surface area contributed by atoms with Gasteiger partial charge in [0, 0.05) is 26.2 Å². The number of carbonyl (C=O) groups is 2. The minimum absolute atomic E-state index is 0.0225. The van der Waals surface area contributed by atoms with Crippen LogP contribution in [-0.2, 0) is 11.0 Å². The fourth-order valence-corrected chi connectivity index (χ4v) is 3.33. The van der Waals surface area contributed by atoms with Crippen molar-refractivity contribution in [2.45, 2.75) is 6.18 Å². The molecule has 0 aliphatic carbocycles. The molecule has 0 radical (unpaired) electrons. The number of carbonyl (C=O) groups excluding carboxylic acids is 2. The van der Waals surface area contributed by atoms with Crippen LogP contribution in [0.3, 0.4) is 0 Å². The number of benzene rings is 2. The molecule has 39 heavy (non-hydrogen) atoms. The van der Waals surface area contributed by atoms with Crippen molar-refractivity contribution in [3.05, 3.63) is 71.4 Å². The second kappa shape index (κ2) is 12.5. The van der Waals surface area contributed by atoms with E-state index < -0.39 is 34.9 Å². The molecule has 10 nitrogen and oxygen atoms in total. The summed E-state index contributed by atoms with van der Waals surface area (Å²) in [5.74, 6) is -2.71. The lowest BCUT2D eigenvalue weighted by Crippen LogP contribution is -2.29. The minimum atomic E-state index is -4.66. The Bertz CT molecular complexity index is 1340. The summed E-state index contributed by atoms with van der Waals surface area (Å²) in [4.78, 5) is 40.7. The van der Waals surface area contributed by atoms with Gasteiger partial charge in [-0.3, -0.25) is 14.4 Å². The Morgan fingerprint density at radius 1 is 0.974 bits per heavy atom. The van der Waals surface area contributed by atoms with Gasteiger partial charge in [0.25, 0.3) is 11.8 Å². The summed E-state index contributed by atoms with van der Waals surface area (Å²) < 4.78 is 60.4. The van der Waals surface area contributed by atoms with Crippen molar-refractivity contribution in [1.29, 1.82) is 0 Å². The van der Waals surface area contributed by atoms with Gasteiger partial charge in [0.2, 0.25) is 5.88 Å². The molecule has 14 heteroatoms. The zero-order valence-corrected chi connectivity index (χ0v) is 21.5. The first kappa shape index (κ1) is 29.3. The lowest BCUT2D eigenvalue weighted by Gasteiger charge is -2.25. The van der Waals surface area contributed by atoms with Gasteiger partial charge in [-0.1, -0.05) is 0 Å². The Balaban J connectivity index is 1.89. The van der Waals surface area contributed by atoms with Crippen molar-refractivity contribution < 1.29 is 36.7 Å². The van der Waals surface area contributed by atoms with Gasteiger partial charge in [0.1, 0.15) is 23.6 Å². The molecule has 3 aromatic rings. The van der Waals surface area contributed by atoms with E-state index in [1.165, 1.54) is 25.3 Å². The van der Waals surface area contributed by atoms with Crippen LogP contribution in [0.4, 0.5) is 28.9 Å². The van der Waals surface area contributed by atoms with Gasteiger partial charge in [0.15, 0.2) is 0 Å². The number of nitrogens with one attached hydrogen (secondary N) is 2. The summed E-state index contributed by atoms with van der Waals surface area (Å²) in [7, 11) is 6.60. The number of rotatable bonds is 10. The Hall–Kier alpha value is -4.30. The Morgan fingerprint density at radius 3 is 2.38 bits per heavy atom. The zero-order chi connectivity index (χ0) is 28.7. The van der Waals surface area contributed by atoms with E-state index in [9.17, 15) is 27.2 Å². The molecule has 0 aliphatic heterocycles. The van der Waals surface area contributed by atoms with E-state index in [-0.39, 0.29) is 23.0 Å². The molecule has 2 N–H and O–H groups in total. The molecule has 1 aromatic heterocycles. The topological polar surface area (TPSA) is 109 Å². The maximum Gasteiger partial charge on any atom is 0.416 e. The molecule has 0 atom stereocenters. The van der Waals surface area contributed by atoms with Crippen molar-refractivity contribution in [2.24, 2.45) is 0 Å². The second-order valence-corrected chi connectivity index (χ2v) is 8.53. The van der Waals surface area contributed by atoms with Crippen LogP contribution >= 0.6 is 0 Å². The first-order valence-electron chi connectivity index (χ1n) is 11.4. The SMILES string of the molecule is CONC(=O)c1cc(Oc2ccc(F)c(C(=O)Nc3cc(C(F)(F)F)ccc3N(C)CCN(C)C)c2)ncn1. The molecule has 0 aliphatic rings. The number of ether oxygens (including phenoxy) is 1. The highest BCUT2D eigenvalue weighted by molar-refractivity contribution is 6.06. The van der Waals surface area contributed by atoms with Gasteiger partial charge in [-0.05, 0) is 50.5 Å². The van der Waals surface area contributed by atoms with Crippen molar-refractivity contribution in [3.8, 4) is 11.6 Å². The number of hydrogen-bond acceptors (Lipinski definition) is 8. The van der Waals surface area contributed by atoms with Crippen molar-refractivity contribution in [1.82, 2.24) is 20.3 Å². The first-order valence-corrected chi connectivity index (χ1v) is 11.4. The lowest BCUT2D eigenvalue weighted by atomic mass is 10.1. The van der Waals surface area contributed by atoms with Gasteiger partial charge in [0.05, 0.1) is 29.6 Å². The van der Waals surface area contributed by atoms with Gasteiger partial charge >= 0.3 is 6.18 Å². The molecule has 0 bridgehead atoms. The molecule has 0 unspecified atom stereocenters. The van der Waals surface area contributed by atoms with Crippen LogP contribution in [0.15, 0.2) is 48.8 Å². The molecule has 0 saturated carbocycles. The summed E-state index contributed by atoms with van der Waals surface area (Å²) in [5, 5.41) is 2.40. The van der Waals surface area contributed by atoms with Crippen LogP contribution < -0.4 is 20.4 Å². The monoisotopic (exact) mass is 550 g/mol. The predicted molar refractivity (Wildman–Crippen MR) is 134 cm³/mol. The Kier molecular flexibility index (Phi) is 9.37. The number of aromatic nitrogens is 2. The molecule has 0 spiro atoms. The predicted octanol–water partition coefficient (Wildman–Crippen LogP) is 3.97. The molecule has 3 rings (SSSR count). The molecule has 2 amide bonds. The molecule has 0 saturated heterocycles.